The van der Waals surface area contributed by atoms with Crippen LogP contribution in [0, 0.1) is 0 Å². The molecule has 1 fully saturated rings. The molecule has 0 atom stereocenters. The number of amidine groups is 1. The van der Waals surface area contributed by atoms with E-state index >= 15 is 0 Å². The van der Waals surface area contributed by atoms with E-state index < -0.39 is 0 Å². The molecule has 0 bridgehead atoms. The van der Waals surface area contributed by atoms with Gasteiger partial charge >= 0.3 is 5.97 Å². The molecule has 3 rings (SSSR count). The zero-order valence-electron chi connectivity index (χ0n) is 15.3. The highest BCUT2D eigenvalue weighted by atomic mass is 32.2. The molecule has 2 aliphatic rings. The molecule has 0 radical (unpaired) electrons. The van der Waals surface area contributed by atoms with E-state index in [0.717, 1.165) is 18.7 Å². The maximum absolute atomic E-state index is 12.9. The van der Waals surface area contributed by atoms with Crippen molar-refractivity contribution in [3.8, 4) is 0 Å². The second-order valence-electron chi connectivity index (χ2n) is 6.18. The van der Waals surface area contributed by atoms with Crippen LogP contribution in [0.15, 0.2) is 41.0 Å². The van der Waals surface area contributed by atoms with E-state index in [-0.39, 0.29) is 17.6 Å². The molecule has 2 heterocycles. The lowest BCUT2D eigenvalue weighted by Gasteiger charge is -2.27. The second kappa shape index (κ2) is 9.68. The van der Waals surface area contributed by atoms with Crippen LogP contribution in [-0.2, 0) is 19.1 Å². The molecule has 0 unspecified atom stereocenters. The minimum absolute atomic E-state index is 0.132. The van der Waals surface area contributed by atoms with Gasteiger partial charge in [0.2, 0.25) is 0 Å². The summed E-state index contributed by atoms with van der Waals surface area (Å²) in [5.74, 6) is -0.311. The van der Waals surface area contributed by atoms with E-state index in [1.165, 1.54) is 16.7 Å². The first kappa shape index (κ1) is 19.6. The number of quaternary nitrogens is 1. The normalized spacial score (nSPS) is 19.4. The lowest BCUT2D eigenvalue weighted by molar-refractivity contribution is -0.914. The lowest BCUT2D eigenvalue weighted by Crippen LogP contribution is -3.15. The number of aliphatic imine (C=N–C) groups is 1. The summed E-state index contributed by atoms with van der Waals surface area (Å²) in [4.78, 5) is 32.1. The highest BCUT2D eigenvalue weighted by molar-refractivity contribution is 8.14. The molecule has 0 aliphatic carbocycles. The number of carbonyl (C=O) groups excluding carboxylic acids is 2. The smallest absolute Gasteiger partial charge is 0.316 e. The van der Waals surface area contributed by atoms with E-state index in [4.69, 9.17) is 9.47 Å². The van der Waals surface area contributed by atoms with Crippen molar-refractivity contribution in [2.75, 3.05) is 45.3 Å². The maximum atomic E-state index is 12.9. The maximum Gasteiger partial charge on any atom is 0.316 e. The predicted molar refractivity (Wildman–Crippen MR) is 104 cm³/mol. The molecule has 8 heteroatoms. The van der Waals surface area contributed by atoms with E-state index in [9.17, 15) is 9.59 Å². The Labute approximate surface area is 163 Å². The van der Waals surface area contributed by atoms with Gasteiger partial charge in [0.25, 0.3) is 5.91 Å². The molecule has 0 aromatic heterocycles. The molecule has 1 aromatic carbocycles. The number of rotatable bonds is 6. The average molecular weight is 390 g/mol. The van der Waals surface area contributed by atoms with E-state index in [0.29, 0.717) is 37.4 Å². The Kier molecular flexibility index (Phi) is 7.03. The van der Waals surface area contributed by atoms with Crippen molar-refractivity contribution in [1.82, 2.24) is 4.90 Å². The molecule has 27 heavy (non-hydrogen) atoms. The number of hydrogen-bond donors (Lipinski definition) is 1. The van der Waals surface area contributed by atoms with Gasteiger partial charge in [-0.25, -0.2) is 9.89 Å². The van der Waals surface area contributed by atoms with Crippen molar-refractivity contribution in [3.05, 3.63) is 41.6 Å². The summed E-state index contributed by atoms with van der Waals surface area (Å²) in [6.45, 7) is 5.69. The summed E-state index contributed by atoms with van der Waals surface area (Å²) in [5, 5.41) is 0.550. The summed E-state index contributed by atoms with van der Waals surface area (Å²) in [5.41, 5.74) is 1.31. The van der Waals surface area contributed by atoms with Crippen LogP contribution in [-0.4, -0.2) is 67.3 Å². The number of hydrogen-bond acceptors (Lipinski definition) is 6. The number of amides is 1. The standard InChI is InChI=1S/C19H23N3O4S/c1-2-26-17(23)13-27-19-20-16(12-15-6-4-3-5-7-15)18(24)22(19)14-21-8-10-25-11-9-21/h3-7,12H,2,8-11,13-14H2,1H3/p+1/b16-12-. The second-order valence-corrected chi connectivity index (χ2v) is 7.12. The van der Waals surface area contributed by atoms with Crippen molar-refractivity contribution in [2.45, 2.75) is 6.92 Å². The first-order valence-corrected chi connectivity index (χ1v) is 10.0. The van der Waals surface area contributed by atoms with Crippen LogP contribution >= 0.6 is 11.8 Å². The summed E-state index contributed by atoms with van der Waals surface area (Å²) in [6, 6.07) is 9.62. The Balaban J connectivity index is 1.76. The molecule has 1 amide bonds. The van der Waals surface area contributed by atoms with Gasteiger partial charge in [-0.05, 0) is 18.6 Å². The summed E-state index contributed by atoms with van der Waals surface area (Å²) >= 11 is 1.24. The van der Waals surface area contributed by atoms with Gasteiger partial charge in [-0.2, -0.15) is 0 Å². The number of morpholine rings is 1. The van der Waals surface area contributed by atoms with Gasteiger partial charge in [0.05, 0.1) is 25.6 Å². The Hall–Kier alpha value is -2.16. The monoisotopic (exact) mass is 390 g/mol. The third kappa shape index (κ3) is 5.41. The summed E-state index contributed by atoms with van der Waals surface area (Å²) < 4.78 is 10.4. The fraction of sp³-hybridized carbons (Fsp3) is 0.421. The van der Waals surface area contributed by atoms with Gasteiger partial charge < -0.3 is 14.4 Å². The van der Waals surface area contributed by atoms with Gasteiger partial charge in [-0.1, -0.05) is 42.1 Å². The number of nitrogens with zero attached hydrogens (tertiary/aromatic N) is 2. The fourth-order valence-corrected chi connectivity index (χ4v) is 3.65. The average Bonchev–Trinajstić information content (AvgIpc) is 2.97. The van der Waals surface area contributed by atoms with Crippen LogP contribution in [0.2, 0.25) is 0 Å². The summed E-state index contributed by atoms with van der Waals surface area (Å²) in [7, 11) is 0. The third-order valence-corrected chi connectivity index (χ3v) is 5.17. The zero-order chi connectivity index (χ0) is 19.1. The zero-order valence-corrected chi connectivity index (χ0v) is 16.2. The molecule has 7 nitrogen and oxygen atoms in total. The fourth-order valence-electron chi connectivity index (χ4n) is 2.86. The van der Waals surface area contributed by atoms with Crippen LogP contribution in [0.5, 0.6) is 0 Å². The highest BCUT2D eigenvalue weighted by Gasteiger charge is 2.34. The molecular weight excluding hydrogens is 366 g/mol. The Morgan fingerprint density at radius 2 is 2.07 bits per heavy atom. The number of esters is 1. The minimum Gasteiger partial charge on any atom is -0.465 e. The predicted octanol–water partition coefficient (Wildman–Crippen LogP) is 0.395. The molecular formula is C19H24N3O4S+. The van der Waals surface area contributed by atoms with Crippen molar-refractivity contribution >= 4 is 34.9 Å². The van der Waals surface area contributed by atoms with Gasteiger partial charge in [0.1, 0.15) is 18.8 Å². The molecule has 1 saturated heterocycles. The van der Waals surface area contributed by atoms with Crippen molar-refractivity contribution in [3.63, 3.8) is 0 Å². The number of benzene rings is 1. The molecule has 0 spiro atoms. The van der Waals surface area contributed by atoms with E-state index in [1.807, 2.05) is 30.3 Å². The van der Waals surface area contributed by atoms with Crippen molar-refractivity contribution < 1.29 is 24.0 Å². The van der Waals surface area contributed by atoms with Crippen LogP contribution in [0.3, 0.4) is 0 Å². The topological polar surface area (TPSA) is 72.6 Å². The first-order valence-electron chi connectivity index (χ1n) is 9.04. The molecule has 2 aliphatic heterocycles. The van der Waals surface area contributed by atoms with Crippen LogP contribution < -0.4 is 4.90 Å². The first-order chi connectivity index (χ1) is 13.2. The molecule has 1 aromatic rings. The quantitative estimate of drug-likeness (QED) is 0.562. The summed E-state index contributed by atoms with van der Waals surface area (Å²) in [6.07, 6.45) is 1.78. The molecule has 144 valence electrons. The van der Waals surface area contributed by atoms with Crippen molar-refractivity contribution in [1.29, 1.82) is 0 Å². The SMILES string of the molecule is CCOC(=O)CSC1=N/C(=C\c2ccccc2)C(=O)N1C[NH+]1CCOCC1. The third-order valence-electron chi connectivity index (χ3n) is 4.22. The number of nitrogens with one attached hydrogen (secondary N) is 1. The van der Waals surface area contributed by atoms with Gasteiger partial charge in [0.15, 0.2) is 11.8 Å². The molecule has 0 saturated carbocycles. The van der Waals surface area contributed by atoms with Crippen LogP contribution in [0.4, 0.5) is 0 Å². The number of carbonyl (C=O) groups is 2. The van der Waals surface area contributed by atoms with Gasteiger partial charge in [-0.15, -0.1) is 0 Å². The lowest BCUT2D eigenvalue weighted by atomic mass is 10.2. The Morgan fingerprint density at radius 1 is 1.33 bits per heavy atom. The van der Waals surface area contributed by atoms with Crippen LogP contribution in [0.1, 0.15) is 12.5 Å². The minimum atomic E-state index is -0.309. The van der Waals surface area contributed by atoms with Crippen molar-refractivity contribution in [2.24, 2.45) is 4.99 Å². The van der Waals surface area contributed by atoms with Crippen LogP contribution in [0.25, 0.3) is 6.08 Å². The number of thioether (sulfide) groups is 1. The number of ether oxygens (including phenoxy) is 2. The van der Waals surface area contributed by atoms with Gasteiger partial charge in [-0.3, -0.25) is 9.59 Å². The largest absolute Gasteiger partial charge is 0.465 e. The Morgan fingerprint density at radius 3 is 2.78 bits per heavy atom. The Bertz CT molecular complexity index is 730. The molecule has 1 N–H and O–H groups in total. The van der Waals surface area contributed by atoms with Gasteiger partial charge in [0, 0.05) is 0 Å². The highest BCUT2D eigenvalue weighted by Crippen LogP contribution is 2.23. The van der Waals surface area contributed by atoms with E-state index in [1.54, 1.807) is 17.9 Å². The van der Waals surface area contributed by atoms with E-state index in [2.05, 4.69) is 4.99 Å².